The summed E-state index contributed by atoms with van der Waals surface area (Å²) in [5, 5.41) is 24.1. The third kappa shape index (κ3) is 6.29. The molecule has 4 N–H and O–H groups in total. The Hall–Kier alpha value is -6.70. The number of nitrogens with one attached hydrogen (secondary N) is 2. The zero-order valence-electron chi connectivity index (χ0n) is 26.1. The van der Waals surface area contributed by atoms with Gasteiger partial charge in [-0.3, -0.25) is 38.6 Å². The lowest BCUT2D eigenvalue weighted by atomic mass is 9.86. The fourth-order valence-electron chi connectivity index (χ4n) is 6.13. The van der Waals surface area contributed by atoms with Crippen molar-refractivity contribution in [2.75, 3.05) is 13.1 Å². The molecule has 0 aromatic heterocycles. The van der Waals surface area contributed by atoms with E-state index in [4.69, 9.17) is 0 Å². The minimum atomic E-state index is -1.33. The molecule has 50 heavy (non-hydrogen) atoms. The van der Waals surface area contributed by atoms with Crippen LogP contribution in [0.3, 0.4) is 0 Å². The molecule has 6 amide bonds. The number of hydrogen-bond donors (Lipinski definition) is 4. The van der Waals surface area contributed by atoms with Crippen LogP contribution in [0.5, 0.6) is 0 Å². The molecule has 0 fully saturated rings. The number of imide groups is 2. The van der Waals surface area contributed by atoms with Crippen molar-refractivity contribution in [3.05, 3.63) is 118 Å². The number of nitrogens with zero attached hydrogens (tertiary/aromatic N) is 2. The highest BCUT2D eigenvalue weighted by Crippen LogP contribution is 2.37. The van der Waals surface area contributed by atoms with Gasteiger partial charge >= 0.3 is 11.9 Å². The van der Waals surface area contributed by atoms with Gasteiger partial charge in [0.25, 0.3) is 23.6 Å². The predicted molar refractivity (Wildman–Crippen MR) is 174 cm³/mol. The van der Waals surface area contributed by atoms with Gasteiger partial charge in [0.1, 0.15) is 25.2 Å². The average Bonchev–Trinajstić information content (AvgIpc) is 3.10. The Balaban J connectivity index is 1.21. The molecule has 14 nitrogen and oxygen atoms in total. The smallest absolute Gasteiger partial charge is 0.326 e. The molecule has 2 aliphatic rings. The molecule has 2 atom stereocenters. The molecule has 4 aromatic carbocycles. The summed E-state index contributed by atoms with van der Waals surface area (Å²) in [5.41, 5.74) is 1.03. The van der Waals surface area contributed by atoms with E-state index >= 15 is 0 Å². The predicted octanol–water partition coefficient (Wildman–Crippen LogP) is 1.66. The summed E-state index contributed by atoms with van der Waals surface area (Å²) in [7, 11) is 0. The second-order valence-corrected chi connectivity index (χ2v) is 11.8. The van der Waals surface area contributed by atoms with Crippen molar-refractivity contribution in [1.82, 2.24) is 20.4 Å². The molecule has 0 spiro atoms. The van der Waals surface area contributed by atoms with Gasteiger partial charge in [0.2, 0.25) is 11.8 Å². The Labute approximate surface area is 283 Å². The lowest BCUT2D eigenvalue weighted by Crippen LogP contribution is -2.51. The van der Waals surface area contributed by atoms with Crippen LogP contribution in [0.2, 0.25) is 0 Å². The van der Waals surface area contributed by atoms with Gasteiger partial charge < -0.3 is 20.8 Å². The van der Waals surface area contributed by atoms with E-state index in [0.29, 0.717) is 20.9 Å². The number of benzene rings is 4. The Kier molecular flexibility index (Phi) is 8.92. The SMILES string of the molecule is O=C(CN1C(=O)c2ccc3c4c(ccc(c24)C1=O)C(=O)N(CC(=O)N[C@@H](Cc1ccccc1)C(=O)O)C3=O)N[C@@H](Cc1ccccc1)C(=O)O. The third-order valence-electron chi connectivity index (χ3n) is 8.50. The highest BCUT2D eigenvalue weighted by atomic mass is 16.4. The van der Waals surface area contributed by atoms with E-state index in [0.717, 1.165) is 0 Å². The van der Waals surface area contributed by atoms with Crippen molar-refractivity contribution in [1.29, 1.82) is 0 Å². The number of carbonyl (C=O) groups excluding carboxylic acids is 6. The summed E-state index contributed by atoms with van der Waals surface area (Å²) >= 11 is 0. The molecule has 0 unspecified atom stereocenters. The van der Waals surface area contributed by atoms with Gasteiger partial charge in [0, 0.05) is 45.9 Å². The summed E-state index contributed by atoms with van der Waals surface area (Å²) in [6, 6.07) is 19.6. The zero-order chi connectivity index (χ0) is 35.7. The Morgan fingerprint density at radius 2 is 0.800 bits per heavy atom. The van der Waals surface area contributed by atoms with Crippen molar-refractivity contribution < 1.29 is 48.6 Å². The van der Waals surface area contributed by atoms with Gasteiger partial charge in [0.15, 0.2) is 0 Å². The monoisotopic (exact) mass is 676 g/mol. The van der Waals surface area contributed by atoms with Crippen molar-refractivity contribution in [2.24, 2.45) is 0 Å². The minimum Gasteiger partial charge on any atom is -0.480 e. The maximum atomic E-state index is 13.6. The molecular weight excluding hydrogens is 648 g/mol. The Morgan fingerprint density at radius 1 is 0.500 bits per heavy atom. The van der Waals surface area contributed by atoms with Crippen molar-refractivity contribution in [3.63, 3.8) is 0 Å². The van der Waals surface area contributed by atoms with Gasteiger partial charge in [-0.25, -0.2) is 9.59 Å². The van der Waals surface area contributed by atoms with Crippen LogP contribution in [0.1, 0.15) is 52.6 Å². The molecule has 4 aromatic rings. The third-order valence-corrected chi connectivity index (χ3v) is 8.50. The molecule has 0 bridgehead atoms. The van der Waals surface area contributed by atoms with Crippen molar-refractivity contribution in [2.45, 2.75) is 24.9 Å². The zero-order valence-corrected chi connectivity index (χ0v) is 26.1. The highest BCUT2D eigenvalue weighted by Gasteiger charge is 2.41. The molecule has 6 rings (SSSR count). The fraction of sp³-hybridized carbons (Fsp3) is 0.167. The topological polar surface area (TPSA) is 208 Å². The molecular formula is C36H28N4O10. The number of carboxylic acid groups (broad SMARTS) is 2. The van der Waals surface area contributed by atoms with Crippen LogP contribution in [-0.4, -0.2) is 92.6 Å². The summed E-state index contributed by atoms with van der Waals surface area (Å²) in [4.78, 5) is 105. The van der Waals surface area contributed by atoms with Crippen molar-refractivity contribution >= 4 is 58.2 Å². The van der Waals surface area contributed by atoms with Crippen LogP contribution in [0.25, 0.3) is 10.8 Å². The summed E-state index contributed by atoms with van der Waals surface area (Å²) in [6.07, 6.45) is -0.0713. The lowest BCUT2D eigenvalue weighted by molar-refractivity contribution is -0.142. The fourth-order valence-corrected chi connectivity index (χ4v) is 6.13. The van der Waals surface area contributed by atoms with Gasteiger partial charge in [-0.2, -0.15) is 0 Å². The van der Waals surface area contributed by atoms with Crippen LogP contribution in [-0.2, 0) is 32.0 Å². The quantitative estimate of drug-likeness (QED) is 0.160. The number of rotatable bonds is 12. The van der Waals surface area contributed by atoms with Crippen LogP contribution in [0.15, 0.2) is 84.9 Å². The van der Waals surface area contributed by atoms with Crippen LogP contribution in [0, 0.1) is 0 Å². The van der Waals surface area contributed by atoms with E-state index in [1.807, 2.05) is 0 Å². The van der Waals surface area contributed by atoms with E-state index in [1.54, 1.807) is 60.7 Å². The standard InChI is InChI=1S/C36H28N4O10/c41-27(37-25(35(47)48)15-19-7-3-1-4-8-19)17-39-31(43)21-11-13-23-30-24(14-12-22(29(21)30)32(39)44)34(46)40(33(23)45)18-28(42)38-26(36(49)50)16-20-9-5-2-6-10-20/h1-14,25-26H,15-18H2,(H,37,41)(H,38,42)(H,47,48)(H,49,50)/t25-,26-/m0/s1. The van der Waals surface area contributed by atoms with E-state index in [1.165, 1.54) is 24.3 Å². The molecule has 2 heterocycles. The number of carbonyl (C=O) groups is 8. The Morgan fingerprint density at radius 3 is 1.08 bits per heavy atom. The number of hydrogen-bond acceptors (Lipinski definition) is 8. The molecule has 0 saturated carbocycles. The molecule has 0 aliphatic carbocycles. The number of amides is 6. The maximum Gasteiger partial charge on any atom is 0.326 e. The van der Waals surface area contributed by atoms with E-state index < -0.39 is 72.6 Å². The summed E-state index contributed by atoms with van der Waals surface area (Å²) in [6.45, 7) is -1.58. The summed E-state index contributed by atoms with van der Waals surface area (Å²) in [5.74, 6) is -7.97. The molecule has 0 radical (unpaired) electrons. The second-order valence-electron chi connectivity index (χ2n) is 11.8. The van der Waals surface area contributed by atoms with E-state index in [-0.39, 0.29) is 45.9 Å². The van der Waals surface area contributed by atoms with E-state index in [9.17, 15) is 48.6 Å². The van der Waals surface area contributed by atoms with Gasteiger partial charge in [-0.05, 0) is 35.4 Å². The van der Waals surface area contributed by atoms with Gasteiger partial charge in [-0.1, -0.05) is 60.7 Å². The molecule has 252 valence electrons. The average molecular weight is 677 g/mol. The van der Waals surface area contributed by atoms with Crippen LogP contribution in [0.4, 0.5) is 0 Å². The Bertz CT molecular complexity index is 1900. The first-order valence-corrected chi connectivity index (χ1v) is 15.4. The van der Waals surface area contributed by atoms with Crippen LogP contribution >= 0.6 is 0 Å². The molecule has 2 aliphatic heterocycles. The summed E-state index contributed by atoms with van der Waals surface area (Å²) < 4.78 is 0. The minimum absolute atomic E-state index is 0.0266. The lowest BCUT2D eigenvalue weighted by Gasteiger charge is -2.31. The number of carboxylic acids is 2. The first kappa shape index (κ1) is 33.2. The van der Waals surface area contributed by atoms with Crippen LogP contribution < -0.4 is 10.6 Å². The largest absolute Gasteiger partial charge is 0.480 e. The normalized spacial score (nSPS) is 14.7. The second kappa shape index (κ2) is 13.4. The first-order chi connectivity index (χ1) is 23.9. The molecule has 14 heteroatoms. The number of aliphatic carboxylic acids is 2. The first-order valence-electron chi connectivity index (χ1n) is 15.4. The highest BCUT2D eigenvalue weighted by molar-refractivity contribution is 6.33. The maximum absolute atomic E-state index is 13.6. The van der Waals surface area contributed by atoms with Crippen molar-refractivity contribution in [3.8, 4) is 0 Å². The van der Waals surface area contributed by atoms with Gasteiger partial charge in [-0.15, -0.1) is 0 Å². The van der Waals surface area contributed by atoms with E-state index in [2.05, 4.69) is 10.6 Å². The van der Waals surface area contributed by atoms with Gasteiger partial charge in [0.05, 0.1) is 0 Å². The molecule has 0 saturated heterocycles.